The molecule has 4 aromatic rings. The molecule has 1 amide bonds. The van der Waals surface area contributed by atoms with E-state index in [2.05, 4.69) is 27.7 Å². The minimum Gasteiger partial charge on any atom is -0.397 e. The molecule has 0 aliphatic rings. The van der Waals surface area contributed by atoms with Crippen molar-refractivity contribution >= 4 is 23.9 Å². The average molecular weight is 609 g/mol. The number of oxime groups is 1. The number of aromatic nitrogens is 2. The number of nitrogens with one attached hydrogen (secondary N) is 2. The summed E-state index contributed by atoms with van der Waals surface area (Å²) in [5.41, 5.74) is 7.87. The fourth-order valence-electron chi connectivity index (χ4n) is 5.17. The second-order valence-corrected chi connectivity index (χ2v) is 10.0. The van der Waals surface area contributed by atoms with Crippen molar-refractivity contribution in [2.75, 3.05) is 26.5 Å². The van der Waals surface area contributed by atoms with E-state index in [1.165, 1.54) is 7.11 Å². The predicted octanol–water partition coefficient (Wildman–Crippen LogP) is 6.00. The Bertz CT molecular complexity index is 1690. The first-order valence-electron chi connectivity index (χ1n) is 15.3. The highest BCUT2D eigenvalue weighted by atomic mass is 16.6. The molecule has 0 saturated carbocycles. The molecule has 0 aliphatic carbocycles. The van der Waals surface area contributed by atoms with Crippen molar-refractivity contribution in [1.82, 2.24) is 14.9 Å². The van der Waals surface area contributed by atoms with Crippen LogP contribution >= 0.6 is 0 Å². The molecule has 4 rings (SSSR count). The van der Waals surface area contributed by atoms with Crippen LogP contribution in [0.5, 0.6) is 0 Å². The maximum atomic E-state index is 14.1. The van der Waals surface area contributed by atoms with Gasteiger partial charge in [-0.3, -0.25) is 19.1 Å². The van der Waals surface area contributed by atoms with Gasteiger partial charge in [0.05, 0.1) is 18.0 Å². The second-order valence-electron chi connectivity index (χ2n) is 10.0. The molecule has 9 heteroatoms. The summed E-state index contributed by atoms with van der Waals surface area (Å²) >= 11 is 0. The second kappa shape index (κ2) is 17.3. The fraction of sp³-hybridized carbons (Fsp3) is 0.306. The summed E-state index contributed by atoms with van der Waals surface area (Å²) in [6.07, 6.45) is 2.58. The van der Waals surface area contributed by atoms with Gasteiger partial charge in [-0.25, -0.2) is 4.98 Å². The van der Waals surface area contributed by atoms with E-state index >= 15 is 0 Å². The molecule has 1 heterocycles. The number of aliphatic imine (C=N–C) groups is 1. The summed E-state index contributed by atoms with van der Waals surface area (Å²) in [6, 6.07) is 23.7. The molecule has 0 unspecified atom stereocenters. The number of anilines is 1. The largest absolute Gasteiger partial charge is 0.397 e. The van der Waals surface area contributed by atoms with E-state index in [4.69, 9.17) is 9.82 Å². The number of hydrogen-bond donors (Lipinski definition) is 2. The Morgan fingerprint density at radius 2 is 1.67 bits per heavy atom. The van der Waals surface area contributed by atoms with Crippen LogP contribution in [0.1, 0.15) is 60.7 Å². The smallest absolute Gasteiger partial charge is 0.259 e. The van der Waals surface area contributed by atoms with E-state index in [1.807, 2.05) is 93.6 Å². The molecule has 236 valence electrons. The normalized spacial score (nSPS) is 11.4. The number of amides is 1. The maximum absolute atomic E-state index is 14.1. The van der Waals surface area contributed by atoms with Crippen molar-refractivity contribution in [3.05, 3.63) is 117 Å². The highest BCUT2D eigenvalue weighted by Crippen LogP contribution is 2.25. The van der Waals surface area contributed by atoms with Crippen molar-refractivity contribution in [1.29, 1.82) is 0 Å². The molecule has 0 saturated heterocycles. The lowest BCUT2D eigenvalue weighted by Crippen LogP contribution is -2.32. The lowest BCUT2D eigenvalue weighted by atomic mass is 9.96. The summed E-state index contributed by atoms with van der Waals surface area (Å²) in [6.45, 7) is 8.43. The van der Waals surface area contributed by atoms with Crippen LogP contribution in [0.3, 0.4) is 0 Å². The van der Waals surface area contributed by atoms with E-state index in [0.29, 0.717) is 43.1 Å². The van der Waals surface area contributed by atoms with Gasteiger partial charge in [-0.15, -0.1) is 0 Å². The zero-order chi connectivity index (χ0) is 32.8. The molecule has 9 nitrogen and oxygen atoms in total. The maximum Gasteiger partial charge on any atom is 0.259 e. The Labute approximate surface area is 266 Å². The van der Waals surface area contributed by atoms with Gasteiger partial charge in [0.25, 0.3) is 5.56 Å². The number of carbonyl (C=O) groups excluding carboxylic acids is 1. The van der Waals surface area contributed by atoms with Gasteiger partial charge in [0, 0.05) is 37.2 Å². The molecule has 3 aromatic carbocycles. The van der Waals surface area contributed by atoms with Crippen molar-refractivity contribution in [2.45, 2.75) is 53.5 Å². The summed E-state index contributed by atoms with van der Waals surface area (Å²) in [7, 11) is 4.97. The predicted molar refractivity (Wildman–Crippen MR) is 184 cm³/mol. The molecule has 0 spiro atoms. The van der Waals surface area contributed by atoms with Gasteiger partial charge < -0.3 is 15.5 Å². The van der Waals surface area contributed by atoms with Gasteiger partial charge >= 0.3 is 0 Å². The standard InChI is InChI=1S/C34H38N6O3.C2H6/c1-6-11-30-29(33(42)40(34(36-4)38-30)21-31(35-3)26-13-8-7-12-23(26)2)20-24-16-18-25(19-17-24)27-14-9-10-15-28(27)32(37-22-41)39-43-5;1-2/h7-10,12-19,22H,6,11,20-21H2,1-5H3,(H,36,38)(H,37,39,41);1-2H3. The zero-order valence-electron chi connectivity index (χ0n) is 27.3. The van der Waals surface area contributed by atoms with E-state index < -0.39 is 0 Å². The van der Waals surface area contributed by atoms with Crippen LogP contribution in [0.25, 0.3) is 11.1 Å². The molecular formula is C36H44N6O3. The third-order valence-electron chi connectivity index (χ3n) is 7.30. The molecule has 0 fully saturated rings. The molecule has 0 radical (unpaired) electrons. The first kappa shape index (κ1) is 34.4. The van der Waals surface area contributed by atoms with E-state index in [0.717, 1.165) is 51.2 Å². The van der Waals surface area contributed by atoms with E-state index in [9.17, 15) is 9.59 Å². The molecule has 2 N–H and O–H groups in total. The van der Waals surface area contributed by atoms with Crippen LogP contribution in [-0.4, -0.2) is 48.7 Å². The summed E-state index contributed by atoms with van der Waals surface area (Å²) in [4.78, 5) is 39.7. The van der Waals surface area contributed by atoms with Gasteiger partial charge in [0.15, 0.2) is 5.84 Å². The third kappa shape index (κ3) is 8.32. The molecule has 45 heavy (non-hydrogen) atoms. The topological polar surface area (TPSA) is 110 Å². The SMILES string of the molecule is CC.CCCc1nc(NC)n(CC(=NC)c2ccccc2C)c(=O)c1Cc1ccc(-c2ccccc2/C(=N/OC)NC=O)cc1. The van der Waals surface area contributed by atoms with Crippen LogP contribution < -0.4 is 16.2 Å². The van der Waals surface area contributed by atoms with Gasteiger partial charge in [-0.1, -0.05) is 105 Å². The number of hydrogen-bond acceptors (Lipinski definition) is 7. The molecule has 0 atom stereocenters. The van der Waals surface area contributed by atoms with E-state index in [-0.39, 0.29) is 5.56 Å². The quantitative estimate of drug-likeness (QED) is 0.0887. The summed E-state index contributed by atoms with van der Waals surface area (Å²) in [5.74, 6) is 0.842. The van der Waals surface area contributed by atoms with Crippen LogP contribution in [0.4, 0.5) is 5.95 Å². The lowest BCUT2D eigenvalue weighted by molar-refractivity contribution is -0.108. The summed E-state index contributed by atoms with van der Waals surface area (Å²) in [5, 5.41) is 9.71. The number of carbonyl (C=O) groups is 1. The molecule has 0 bridgehead atoms. The van der Waals surface area contributed by atoms with Crippen molar-refractivity contribution in [3.63, 3.8) is 0 Å². The summed E-state index contributed by atoms with van der Waals surface area (Å²) < 4.78 is 1.69. The Morgan fingerprint density at radius 1 is 1.00 bits per heavy atom. The van der Waals surface area contributed by atoms with Gasteiger partial charge in [-0.05, 0) is 35.6 Å². The fourth-order valence-corrected chi connectivity index (χ4v) is 5.17. The first-order chi connectivity index (χ1) is 21.9. The number of aryl methyl sites for hydroxylation is 2. The highest BCUT2D eigenvalue weighted by Gasteiger charge is 2.19. The first-order valence-corrected chi connectivity index (χ1v) is 15.3. The zero-order valence-corrected chi connectivity index (χ0v) is 27.3. The number of rotatable bonds is 12. The van der Waals surface area contributed by atoms with Crippen molar-refractivity contribution in [2.24, 2.45) is 10.1 Å². The third-order valence-corrected chi connectivity index (χ3v) is 7.30. The van der Waals surface area contributed by atoms with Gasteiger partial charge in [0.2, 0.25) is 12.4 Å². The molecule has 0 aliphatic heterocycles. The minimum atomic E-state index is -0.0766. The van der Waals surface area contributed by atoms with E-state index in [1.54, 1.807) is 18.7 Å². The molecule has 1 aromatic heterocycles. The molecular weight excluding hydrogens is 564 g/mol. The Morgan fingerprint density at radius 3 is 2.27 bits per heavy atom. The van der Waals surface area contributed by atoms with Crippen LogP contribution in [0.2, 0.25) is 0 Å². The van der Waals surface area contributed by atoms with Gasteiger partial charge in [-0.2, -0.15) is 0 Å². The average Bonchev–Trinajstić information content (AvgIpc) is 3.07. The number of amidine groups is 1. The monoisotopic (exact) mass is 608 g/mol. The van der Waals surface area contributed by atoms with Crippen molar-refractivity contribution in [3.8, 4) is 11.1 Å². The van der Waals surface area contributed by atoms with Crippen LogP contribution in [-0.2, 0) is 29.0 Å². The van der Waals surface area contributed by atoms with Crippen LogP contribution in [0, 0.1) is 6.92 Å². The number of nitrogens with zero attached hydrogens (tertiary/aromatic N) is 4. The Kier molecular flexibility index (Phi) is 13.2. The lowest BCUT2D eigenvalue weighted by Gasteiger charge is -2.18. The Hall–Kier alpha value is -5.05. The highest BCUT2D eigenvalue weighted by molar-refractivity contribution is 6.08. The van der Waals surface area contributed by atoms with Crippen LogP contribution in [0.15, 0.2) is 87.7 Å². The Balaban J connectivity index is 0.00000271. The van der Waals surface area contributed by atoms with Crippen molar-refractivity contribution < 1.29 is 9.63 Å². The minimum absolute atomic E-state index is 0.0766. The van der Waals surface area contributed by atoms with Gasteiger partial charge in [0.1, 0.15) is 7.11 Å². The number of benzene rings is 3.